The summed E-state index contributed by atoms with van der Waals surface area (Å²) in [6.45, 7) is 1.62. The van der Waals surface area contributed by atoms with Gasteiger partial charge in [-0.25, -0.2) is 0 Å². The van der Waals surface area contributed by atoms with Crippen molar-refractivity contribution in [2.75, 3.05) is 5.32 Å². The Labute approximate surface area is 149 Å². The number of ketones is 1. The number of Topliss-reactive ketones (excluding diaryl/α,β-unsaturated/α-hetero) is 1. The maximum atomic E-state index is 12.7. The minimum atomic E-state index is -0.599. The number of carbonyl (C=O) groups is 2. The molecule has 0 aliphatic carbocycles. The second-order valence-electron chi connectivity index (χ2n) is 5.83. The van der Waals surface area contributed by atoms with Gasteiger partial charge in [-0.15, -0.1) is 0 Å². The van der Waals surface area contributed by atoms with Crippen LogP contribution in [0.4, 0.5) is 5.69 Å². The van der Waals surface area contributed by atoms with E-state index in [1.807, 2.05) is 6.07 Å². The Morgan fingerprint density at radius 2 is 2.04 bits per heavy atom. The standard InChI is InChI=1S/C19H17ClN2O3/c1-11(21)16(23)10-13-3-2-4-15(20)18(13)19(24)22-14-5-6-17-12(9-14)7-8-25-17/h2-9,11H,10,21H2,1H3,(H,22,24)/t11-/m0/s1. The van der Waals surface area contributed by atoms with E-state index in [-0.39, 0.29) is 28.7 Å². The molecular weight excluding hydrogens is 340 g/mol. The molecule has 0 fully saturated rings. The van der Waals surface area contributed by atoms with Crippen molar-refractivity contribution in [2.24, 2.45) is 5.73 Å². The molecule has 3 rings (SSSR count). The molecule has 2 aromatic carbocycles. The average Bonchev–Trinajstić information content (AvgIpc) is 3.02. The van der Waals surface area contributed by atoms with E-state index in [2.05, 4.69) is 5.32 Å². The van der Waals surface area contributed by atoms with Crippen LogP contribution in [0.5, 0.6) is 0 Å². The number of fused-ring (bicyclic) bond motifs is 1. The molecular formula is C19H17ClN2O3. The van der Waals surface area contributed by atoms with E-state index in [4.69, 9.17) is 21.8 Å². The van der Waals surface area contributed by atoms with Gasteiger partial charge in [0.05, 0.1) is 22.9 Å². The summed E-state index contributed by atoms with van der Waals surface area (Å²) in [5.41, 5.74) is 7.81. The van der Waals surface area contributed by atoms with Gasteiger partial charge in [-0.3, -0.25) is 9.59 Å². The molecule has 6 heteroatoms. The molecule has 0 aliphatic rings. The molecule has 25 heavy (non-hydrogen) atoms. The zero-order chi connectivity index (χ0) is 18.0. The highest BCUT2D eigenvalue weighted by Crippen LogP contribution is 2.24. The SMILES string of the molecule is C[C@H](N)C(=O)Cc1cccc(Cl)c1C(=O)Nc1ccc2occc2c1. The Balaban J connectivity index is 1.89. The van der Waals surface area contributed by atoms with Gasteiger partial charge < -0.3 is 15.5 Å². The van der Waals surface area contributed by atoms with Crippen LogP contribution in [0.25, 0.3) is 11.0 Å². The number of hydrogen-bond acceptors (Lipinski definition) is 4. The lowest BCUT2D eigenvalue weighted by molar-refractivity contribution is -0.119. The second kappa shape index (κ2) is 7.09. The van der Waals surface area contributed by atoms with Gasteiger partial charge in [-0.1, -0.05) is 23.7 Å². The Bertz CT molecular complexity index is 947. The molecule has 3 N–H and O–H groups in total. The van der Waals surface area contributed by atoms with E-state index in [1.54, 1.807) is 49.6 Å². The largest absolute Gasteiger partial charge is 0.464 e. The van der Waals surface area contributed by atoms with Crippen molar-refractivity contribution >= 4 is 39.9 Å². The first-order chi connectivity index (χ1) is 12.0. The van der Waals surface area contributed by atoms with Crippen molar-refractivity contribution in [3.8, 4) is 0 Å². The van der Waals surface area contributed by atoms with Gasteiger partial charge in [0, 0.05) is 17.5 Å². The lowest BCUT2D eigenvalue weighted by Gasteiger charge is -2.12. The lowest BCUT2D eigenvalue weighted by Crippen LogP contribution is -2.29. The third-order valence-electron chi connectivity index (χ3n) is 3.91. The number of nitrogens with one attached hydrogen (secondary N) is 1. The van der Waals surface area contributed by atoms with Crippen LogP contribution in [0.2, 0.25) is 5.02 Å². The van der Waals surface area contributed by atoms with Crippen molar-refractivity contribution in [1.29, 1.82) is 0 Å². The molecule has 0 bridgehead atoms. The van der Waals surface area contributed by atoms with Crippen LogP contribution in [-0.4, -0.2) is 17.7 Å². The van der Waals surface area contributed by atoms with Gasteiger partial charge in [0.15, 0.2) is 5.78 Å². The van der Waals surface area contributed by atoms with Crippen molar-refractivity contribution < 1.29 is 14.0 Å². The minimum Gasteiger partial charge on any atom is -0.464 e. The maximum absolute atomic E-state index is 12.7. The summed E-state index contributed by atoms with van der Waals surface area (Å²) >= 11 is 6.21. The van der Waals surface area contributed by atoms with Crippen LogP contribution in [0.15, 0.2) is 53.1 Å². The predicted molar refractivity (Wildman–Crippen MR) is 98.0 cm³/mol. The maximum Gasteiger partial charge on any atom is 0.257 e. The third-order valence-corrected chi connectivity index (χ3v) is 4.22. The van der Waals surface area contributed by atoms with E-state index in [1.165, 1.54) is 0 Å². The van der Waals surface area contributed by atoms with E-state index < -0.39 is 6.04 Å². The van der Waals surface area contributed by atoms with Crippen molar-refractivity contribution in [1.82, 2.24) is 0 Å². The summed E-state index contributed by atoms with van der Waals surface area (Å²) in [5.74, 6) is -0.531. The molecule has 1 amide bonds. The van der Waals surface area contributed by atoms with Crippen LogP contribution in [0.3, 0.4) is 0 Å². The van der Waals surface area contributed by atoms with Crippen molar-refractivity contribution in [3.05, 3.63) is 64.9 Å². The molecule has 0 saturated carbocycles. The van der Waals surface area contributed by atoms with Crippen LogP contribution >= 0.6 is 11.6 Å². The first-order valence-electron chi connectivity index (χ1n) is 7.80. The number of anilines is 1. The van der Waals surface area contributed by atoms with E-state index >= 15 is 0 Å². The van der Waals surface area contributed by atoms with Gasteiger partial charge >= 0.3 is 0 Å². The van der Waals surface area contributed by atoms with Gasteiger partial charge in [-0.2, -0.15) is 0 Å². The molecule has 1 heterocycles. The topological polar surface area (TPSA) is 85.3 Å². The smallest absolute Gasteiger partial charge is 0.257 e. The number of hydrogen-bond donors (Lipinski definition) is 2. The number of rotatable bonds is 5. The summed E-state index contributed by atoms with van der Waals surface area (Å²) < 4.78 is 5.28. The number of halogens is 1. The van der Waals surface area contributed by atoms with E-state index in [0.29, 0.717) is 11.3 Å². The van der Waals surface area contributed by atoms with E-state index in [9.17, 15) is 9.59 Å². The van der Waals surface area contributed by atoms with Crippen LogP contribution < -0.4 is 11.1 Å². The van der Waals surface area contributed by atoms with Crippen LogP contribution in [-0.2, 0) is 11.2 Å². The fourth-order valence-electron chi connectivity index (χ4n) is 2.56. The van der Waals surface area contributed by atoms with Gasteiger partial charge in [0.1, 0.15) is 5.58 Å². The highest BCUT2D eigenvalue weighted by atomic mass is 35.5. The highest BCUT2D eigenvalue weighted by Gasteiger charge is 2.19. The van der Waals surface area contributed by atoms with Crippen molar-refractivity contribution in [3.63, 3.8) is 0 Å². The Morgan fingerprint density at radius 3 is 2.80 bits per heavy atom. The molecule has 0 spiro atoms. The molecule has 0 unspecified atom stereocenters. The molecule has 0 radical (unpaired) electrons. The summed E-state index contributed by atoms with van der Waals surface area (Å²) in [5, 5.41) is 3.98. The van der Waals surface area contributed by atoms with Crippen molar-refractivity contribution in [2.45, 2.75) is 19.4 Å². The number of nitrogens with two attached hydrogens (primary N) is 1. The zero-order valence-corrected chi connectivity index (χ0v) is 14.3. The fourth-order valence-corrected chi connectivity index (χ4v) is 2.84. The van der Waals surface area contributed by atoms with Crippen LogP contribution in [0.1, 0.15) is 22.8 Å². The number of furan rings is 1. The average molecular weight is 357 g/mol. The Hall–Kier alpha value is -2.63. The quantitative estimate of drug-likeness (QED) is 0.728. The van der Waals surface area contributed by atoms with E-state index in [0.717, 1.165) is 11.0 Å². The summed E-state index contributed by atoms with van der Waals surface area (Å²) in [6.07, 6.45) is 1.64. The lowest BCUT2D eigenvalue weighted by atomic mass is 9.99. The Kier molecular flexibility index (Phi) is 4.88. The molecule has 5 nitrogen and oxygen atoms in total. The van der Waals surface area contributed by atoms with Crippen LogP contribution in [0, 0.1) is 0 Å². The number of carbonyl (C=O) groups excluding carboxylic acids is 2. The minimum absolute atomic E-state index is 0.0573. The molecule has 1 atom stereocenters. The monoisotopic (exact) mass is 356 g/mol. The number of amides is 1. The second-order valence-corrected chi connectivity index (χ2v) is 6.24. The predicted octanol–water partition coefficient (Wildman–Crippen LogP) is 3.80. The summed E-state index contributed by atoms with van der Waals surface area (Å²) in [7, 11) is 0. The molecule has 1 aromatic heterocycles. The van der Waals surface area contributed by atoms with Gasteiger partial charge in [0.25, 0.3) is 5.91 Å². The number of benzene rings is 2. The molecule has 0 aliphatic heterocycles. The fraction of sp³-hybridized carbons (Fsp3) is 0.158. The first kappa shape index (κ1) is 17.2. The van der Waals surface area contributed by atoms with Gasteiger partial charge in [0.2, 0.25) is 0 Å². The summed E-state index contributed by atoms with van der Waals surface area (Å²) in [4.78, 5) is 24.7. The molecule has 0 saturated heterocycles. The molecule has 3 aromatic rings. The van der Waals surface area contributed by atoms with Gasteiger partial charge in [-0.05, 0) is 42.8 Å². The summed E-state index contributed by atoms with van der Waals surface area (Å²) in [6, 6.07) is 11.6. The highest BCUT2D eigenvalue weighted by molar-refractivity contribution is 6.34. The Morgan fingerprint density at radius 1 is 1.24 bits per heavy atom. The molecule has 128 valence electrons. The zero-order valence-electron chi connectivity index (χ0n) is 13.6. The third kappa shape index (κ3) is 3.73. The normalized spacial score (nSPS) is 12.1. The first-order valence-corrected chi connectivity index (χ1v) is 8.18.